The fourth-order valence-electron chi connectivity index (χ4n) is 2.21. The summed E-state index contributed by atoms with van der Waals surface area (Å²) in [4.78, 5) is 24.0. The molecule has 0 aliphatic heterocycles. The molecule has 0 fully saturated rings. The van der Waals surface area contributed by atoms with Crippen molar-refractivity contribution in [3.05, 3.63) is 59.7 Å². The highest BCUT2D eigenvalue weighted by molar-refractivity contribution is 6.04. The summed E-state index contributed by atoms with van der Waals surface area (Å²) in [5, 5.41) is 5.55. The maximum Gasteiger partial charge on any atom is 0.255 e. The van der Waals surface area contributed by atoms with Gasteiger partial charge in [-0.3, -0.25) is 9.59 Å². The number of nitrogens with one attached hydrogen (secondary N) is 2. The lowest BCUT2D eigenvalue weighted by Crippen LogP contribution is -2.22. The first-order valence-corrected chi connectivity index (χ1v) is 8.56. The number of hydrogen-bond acceptors (Lipinski definition) is 3. The van der Waals surface area contributed by atoms with E-state index in [4.69, 9.17) is 4.74 Å². The Hall–Kier alpha value is -2.82. The van der Waals surface area contributed by atoms with E-state index < -0.39 is 0 Å². The molecule has 0 saturated heterocycles. The highest BCUT2D eigenvalue weighted by atomic mass is 16.5. The molecule has 0 saturated carbocycles. The summed E-state index contributed by atoms with van der Waals surface area (Å²) in [5.74, 6) is 0.432. The van der Waals surface area contributed by atoms with E-state index in [1.54, 1.807) is 48.5 Å². The van der Waals surface area contributed by atoms with Gasteiger partial charge in [0.2, 0.25) is 0 Å². The Morgan fingerprint density at radius 1 is 0.880 bits per heavy atom. The molecular weight excluding hydrogens is 316 g/mol. The van der Waals surface area contributed by atoms with Gasteiger partial charge in [0.15, 0.2) is 0 Å². The molecule has 0 aromatic heterocycles. The first-order chi connectivity index (χ1) is 12.1. The second-order valence-corrected chi connectivity index (χ2v) is 5.62. The van der Waals surface area contributed by atoms with Crippen LogP contribution in [-0.2, 0) is 0 Å². The van der Waals surface area contributed by atoms with Crippen LogP contribution in [0.5, 0.6) is 5.75 Å². The van der Waals surface area contributed by atoms with Crippen molar-refractivity contribution in [1.29, 1.82) is 0 Å². The SMILES string of the molecule is CCCCOc1ccc(C(=O)Nc2ccc(C(=O)NCC)cc2)cc1. The van der Waals surface area contributed by atoms with Gasteiger partial charge >= 0.3 is 0 Å². The Balaban J connectivity index is 1.93. The molecule has 25 heavy (non-hydrogen) atoms. The summed E-state index contributed by atoms with van der Waals surface area (Å²) in [6.07, 6.45) is 2.09. The molecule has 0 aliphatic carbocycles. The van der Waals surface area contributed by atoms with E-state index in [1.807, 2.05) is 6.92 Å². The van der Waals surface area contributed by atoms with Crippen molar-refractivity contribution < 1.29 is 14.3 Å². The fourth-order valence-corrected chi connectivity index (χ4v) is 2.21. The van der Waals surface area contributed by atoms with Crippen LogP contribution in [-0.4, -0.2) is 25.0 Å². The van der Waals surface area contributed by atoms with Crippen LogP contribution < -0.4 is 15.4 Å². The molecule has 5 nitrogen and oxygen atoms in total. The minimum Gasteiger partial charge on any atom is -0.494 e. The van der Waals surface area contributed by atoms with Gasteiger partial charge in [-0.1, -0.05) is 13.3 Å². The van der Waals surface area contributed by atoms with Gasteiger partial charge in [0, 0.05) is 23.4 Å². The van der Waals surface area contributed by atoms with Crippen LogP contribution >= 0.6 is 0 Å². The summed E-state index contributed by atoms with van der Waals surface area (Å²) in [6.45, 7) is 5.24. The predicted molar refractivity (Wildman–Crippen MR) is 99.2 cm³/mol. The number of hydrogen-bond donors (Lipinski definition) is 2. The maximum atomic E-state index is 12.3. The second-order valence-electron chi connectivity index (χ2n) is 5.62. The number of ether oxygens (including phenoxy) is 1. The van der Waals surface area contributed by atoms with Gasteiger partial charge in [-0.05, 0) is 61.9 Å². The summed E-state index contributed by atoms with van der Waals surface area (Å²) in [7, 11) is 0. The molecule has 0 bridgehead atoms. The Morgan fingerprint density at radius 3 is 2.08 bits per heavy atom. The topological polar surface area (TPSA) is 67.4 Å². The van der Waals surface area contributed by atoms with Crippen molar-refractivity contribution in [3.8, 4) is 5.75 Å². The Bertz CT molecular complexity index is 694. The molecule has 2 N–H and O–H groups in total. The van der Waals surface area contributed by atoms with Crippen molar-refractivity contribution in [2.24, 2.45) is 0 Å². The zero-order valence-corrected chi connectivity index (χ0v) is 14.7. The Kier molecular flexibility index (Phi) is 7.01. The van der Waals surface area contributed by atoms with Gasteiger partial charge in [-0.25, -0.2) is 0 Å². The van der Waals surface area contributed by atoms with Crippen molar-refractivity contribution in [2.45, 2.75) is 26.7 Å². The quantitative estimate of drug-likeness (QED) is 0.717. The molecule has 2 aromatic rings. The molecule has 2 rings (SSSR count). The number of rotatable bonds is 8. The lowest BCUT2D eigenvalue weighted by molar-refractivity contribution is 0.0955. The van der Waals surface area contributed by atoms with E-state index in [0.29, 0.717) is 30.0 Å². The third kappa shape index (κ3) is 5.64. The molecular formula is C20H24N2O3. The number of carbonyl (C=O) groups excluding carboxylic acids is 2. The molecule has 0 unspecified atom stereocenters. The minimum atomic E-state index is -0.203. The van der Waals surface area contributed by atoms with Crippen LogP contribution in [0.15, 0.2) is 48.5 Å². The van der Waals surface area contributed by atoms with Gasteiger partial charge in [0.05, 0.1) is 6.61 Å². The van der Waals surface area contributed by atoms with E-state index in [-0.39, 0.29) is 11.8 Å². The van der Waals surface area contributed by atoms with Crippen LogP contribution in [0, 0.1) is 0 Å². The zero-order valence-electron chi connectivity index (χ0n) is 14.7. The molecule has 0 aliphatic rings. The number of carbonyl (C=O) groups is 2. The third-order valence-corrected chi connectivity index (χ3v) is 3.63. The zero-order chi connectivity index (χ0) is 18.1. The number of benzene rings is 2. The number of amides is 2. The fraction of sp³-hybridized carbons (Fsp3) is 0.300. The molecule has 0 spiro atoms. The van der Waals surface area contributed by atoms with Crippen LogP contribution in [0.3, 0.4) is 0 Å². The molecule has 0 atom stereocenters. The second kappa shape index (κ2) is 9.47. The molecule has 132 valence electrons. The van der Waals surface area contributed by atoms with Crippen molar-refractivity contribution in [3.63, 3.8) is 0 Å². The molecule has 2 aromatic carbocycles. The predicted octanol–water partition coefficient (Wildman–Crippen LogP) is 3.87. The van der Waals surface area contributed by atoms with Crippen molar-refractivity contribution in [1.82, 2.24) is 5.32 Å². The van der Waals surface area contributed by atoms with Crippen LogP contribution in [0.4, 0.5) is 5.69 Å². The number of anilines is 1. The molecule has 0 radical (unpaired) electrons. The van der Waals surface area contributed by atoms with E-state index in [9.17, 15) is 9.59 Å². The van der Waals surface area contributed by atoms with Gasteiger partial charge in [-0.15, -0.1) is 0 Å². The van der Waals surface area contributed by atoms with Gasteiger partial charge in [0.25, 0.3) is 11.8 Å². The first-order valence-electron chi connectivity index (χ1n) is 8.56. The molecule has 0 heterocycles. The van der Waals surface area contributed by atoms with Gasteiger partial charge in [-0.2, -0.15) is 0 Å². The summed E-state index contributed by atoms with van der Waals surface area (Å²) >= 11 is 0. The van der Waals surface area contributed by atoms with Gasteiger partial charge < -0.3 is 15.4 Å². The van der Waals surface area contributed by atoms with E-state index in [1.165, 1.54) is 0 Å². The summed E-state index contributed by atoms with van der Waals surface area (Å²) in [5.41, 5.74) is 1.75. The normalized spacial score (nSPS) is 10.2. The van der Waals surface area contributed by atoms with E-state index >= 15 is 0 Å². The van der Waals surface area contributed by atoms with Crippen molar-refractivity contribution in [2.75, 3.05) is 18.5 Å². The van der Waals surface area contributed by atoms with E-state index in [2.05, 4.69) is 17.6 Å². The Morgan fingerprint density at radius 2 is 1.48 bits per heavy atom. The third-order valence-electron chi connectivity index (χ3n) is 3.63. The largest absolute Gasteiger partial charge is 0.494 e. The smallest absolute Gasteiger partial charge is 0.255 e. The maximum absolute atomic E-state index is 12.3. The lowest BCUT2D eigenvalue weighted by Gasteiger charge is -2.08. The minimum absolute atomic E-state index is 0.126. The average Bonchev–Trinajstić information content (AvgIpc) is 2.63. The highest BCUT2D eigenvalue weighted by Crippen LogP contribution is 2.15. The van der Waals surface area contributed by atoms with Crippen LogP contribution in [0.2, 0.25) is 0 Å². The molecule has 2 amide bonds. The van der Waals surface area contributed by atoms with Crippen molar-refractivity contribution >= 4 is 17.5 Å². The number of unbranched alkanes of at least 4 members (excludes halogenated alkanes) is 1. The Labute approximate surface area is 148 Å². The van der Waals surface area contributed by atoms with Gasteiger partial charge in [0.1, 0.15) is 5.75 Å². The van der Waals surface area contributed by atoms with E-state index in [0.717, 1.165) is 18.6 Å². The lowest BCUT2D eigenvalue weighted by atomic mass is 10.1. The molecule has 5 heteroatoms. The monoisotopic (exact) mass is 340 g/mol. The summed E-state index contributed by atoms with van der Waals surface area (Å²) in [6, 6.07) is 13.9. The standard InChI is InChI=1S/C20H24N2O3/c1-3-5-14-25-18-12-8-16(9-13-18)20(24)22-17-10-6-15(7-11-17)19(23)21-4-2/h6-13H,3-5,14H2,1-2H3,(H,21,23)(H,22,24). The first kappa shape index (κ1) is 18.5. The highest BCUT2D eigenvalue weighted by Gasteiger charge is 2.08. The van der Waals surface area contributed by atoms with Crippen LogP contribution in [0.1, 0.15) is 47.4 Å². The average molecular weight is 340 g/mol. The van der Waals surface area contributed by atoms with Crippen LogP contribution in [0.25, 0.3) is 0 Å². The summed E-state index contributed by atoms with van der Waals surface area (Å²) < 4.78 is 5.59.